The van der Waals surface area contributed by atoms with Crippen molar-refractivity contribution in [3.8, 4) is 0 Å². The number of rotatable bonds is 4. The fourth-order valence-electron chi connectivity index (χ4n) is 2.04. The lowest BCUT2D eigenvalue weighted by Crippen LogP contribution is -2.46. The van der Waals surface area contributed by atoms with Gasteiger partial charge in [0, 0.05) is 46.3 Å². The predicted octanol–water partition coefficient (Wildman–Crippen LogP) is -1.31. The van der Waals surface area contributed by atoms with Crippen molar-refractivity contribution in [2.45, 2.75) is 0 Å². The summed E-state index contributed by atoms with van der Waals surface area (Å²) in [6.45, 7) is 5.95. The van der Waals surface area contributed by atoms with Gasteiger partial charge < -0.3 is 20.9 Å². The summed E-state index contributed by atoms with van der Waals surface area (Å²) in [4.78, 5) is 22.3. The molecule has 0 unspecified atom stereocenters. The molecule has 0 bridgehead atoms. The molecule has 0 spiro atoms. The Labute approximate surface area is 106 Å². The minimum absolute atomic E-state index is 0.181. The van der Waals surface area contributed by atoms with E-state index in [-0.39, 0.29) is 11.2 Å². The number of nitrogens with zero attached hydrogens (tertiary/aromatic N) is 3. The monoisotopic (exact) mass is 252 g/mol. The van der Waals surface area contributed by atoms with Crippen LogP contribution < -0.4 is 21.5 Å². The van der Waals surface area contributed by atoms with Crippen LogP contribution in [-0.2, 0) is 0 Å². The molecule has 2 heterocycles. The van der Waals surface area contributed by atoms with E-state index in [0.717, 1.165) is 39.3 Å². The first-order chi connectivity index (χ1) is 8.68. The Kier molecular flexibility index (Phi) is 4.16. The first-order valence-electron chi connectivity index (χ1n) is 6.16. The molecule has 0 atom stereocenters. The zero-order valence-electron chi connectivity index (χ0n) is 10.6. The highest BCUT2D eigenvalue weighted by atomic mass is 16.1. The average molecular weight is 252 g/mol. The van der Waals surface area contributed by atoms with E-state index in [2.05, 4.69) is 20.2 Å². The Morgan fingerprint density at radius 2 is 2.22 bits per heavy atom. The molecule has 1 aliphatic heterocycles. The van der Waals surface area contributed by atoms with Crippen LogP contribution in [0.15, 0.2) is 11.1 Å². The van der Waals surface area contributed by atoms with Gasteiger partial charge in [-0.15, -0.1) is 0 Å². The van der Waals surface area contributed by atoms with Gasteiger partial charge in [-0.25, -0.2) is 4.98 Å². The van der Waals surface area contributed by atoms with Gasteiger partial charge in [-0.1, -0.05) is 0 Å². The highest BCUT2D eigenvalue weighted by molar-refractivity contribution is 5.60. The quantitative estimate of drug-likeness (QED) is 0.617. The number of aromatic amines is 1. The second-order valence-corrected chi connectivity index (χ2v) is 4.48. The van der Waals surface area contributed by atoms with Crippen LogP contribution in [0, 0.1) is 0 Å². The van der Waals surface area contributed by atoms with Crippen LogP contribution in [0.4, 0.5) is 11.5 Å². The van der Waals surface area contributed by atoms with Gasteiger partial charge in [0.1, 0.15) is 5.69 Å². The number of piperazine rings is 1. The minimum Gasteiger partial charge on any atom is -0.391 e. The third-order valence-corrected chi connectivity index (χ3v) is 3.19. The number of H-pyrrole nitrogens is 1. The lowest BCUT2D eigenvalue weighted by Gasteiger charge is -2.29. The van der Waals surface area contributed by atoms with Crippen LogP contribution in [-0.4, -0.2) is 61.2 Å². The van der Waals surface area contributed by atoms with E-state index >= 15 is 0 Å². The second-order valence-electron chi connectivity index (χ2n) is 4.48. The number of likely N-dealkylation sites (N-methyl/N-ethyl adjacent to an activating group) is 1. The molecule has 1 aliphatic rings. The zero-order valence-corrected chi connectivity index (χ0v) is 10.6. The first kappa shape index (κ1) is 12.8. The van der Waals surface area contributed by atoms with Crippen molar-refractivity contribution in [3.05, 3.63) is 16.7 Å². The minimum atomic E-state index is -0.283. The number of nitrogens with one attached hydrogen (secondary N) is 2. The Bertz CT molecular complexity index is 439. The number of anilines is 2. The molecular formula is C11H20N6O. The van der Waals surface area contributed by atoms with Crippen molar-refractivity contribution in [3.63, 3.8) is 0 Å². The zero-order chi connectivity index (χ0) is 13.0. The molecule has 1 fully saturated rings. The maximum absolute atomic E-state index is 11.4. The van der Waals surface area contributed by atoms with Crippen molar-refractivity contribution in [1.82, 2.24) is 20.2 Å². The smallest absolute Gasteiger partial charge is 0.276 e. The van der Waals surface area contributed by atoms with Gasteiger partial charge in [-0.05, 0) is 0 Å². The van der Waals surface area contributed by atoms with Crippen molar-refractivity contribution in [1.29, 1.82) is 0 Å². The molecular weight excluding hydrogens is 232 g/mol. The fraction of sp³-hybridized carbons (Fsp3) is 0.636. The maximum atomic E-state index is 11.4. The molecule has 0 aliphatic carbocycles. The van der Waals surface area contributed by atoms with Crippen molar-refractivity contribution in [2.75, 3.05) is 56.9 Å². The van der Waals surface area contributed by atoms with E-state index in [1.54, 1.807) is 0 Å². The normalized spacial score (nSPS) is 16.7. The molecule has 18 heavy (non-hydrogen) atoms. The third-order valence-electron chi connectivity index (χ3n) is 3.19. The van der Waals surface area contributed by atoms with E-state index in [9.17, 15) is 4.79 Å². The SMILES string of the molecule is CN(CCN1CCNCC1)c1nc[nH]c(=O)c1N. The maximum Gasteiger partial charge on any atom is 0.276 e. The predicted molar refractivity (Wildman–Crippen MR) is 71.8 cm³/mol. The summed E-state index contributed by atoms with van der Waals surface area (Å²) in [6, 6.07) is 0. The number of nitrogen functional groups attached to an aromatic ring is 1. The average Bonchev–Trinajstić information content (AvgIpc) is 2.40. The van der Waals surface area contributed by atoms with Crippen LogP contribution in [0.5, 0.6) is 0 Å². The van der Waals surface area contributed by atoms with Crippen LogP contribution in [0.1, 0.15) is 0 Å². The van der Waals surface area contributed by atoms with Gasteiger partial charge >= 0.3 is 0 Å². The van der Waals surface area contributed by atoms with Crippen molar-refractivity contribution >= 4 is 11.5 Å². The third kappa shape index (κ3) is 2.99. The summed E-state index contributed by atoms with van der Waals surface area (Å²) in [5.74, 6) is 0.550. The largest absolute Gasteiger partial charge is 0.391 e. The molecule has 1 aromatic rings. The summed E-state index contributed by atoms with van der Waals surface area (Å²) in [5.41, 5.74) is 5.62. The number of aromatic nitrogens is 2. The van der Waals surface area contributed by atoms with Crippen LogP contribution >= 0.6 is 0 Å². The molecule has 100 valence electrons. The number of nitrogens with two attached hydrogens (primary N) is 1. The number of hydrogen-bond acceptors (Lipinski definition) is 6. The fourth-order valence-corrected chi connectivity index (χ4v) is 2.04. The van der Waals surface area contributed by atoms with Gasteiger partial charge in [-0.2, -0.15) is 0 Å². The van der Waals surface area contributed by atoms with Gasteiger partial charge in [0.15, 0.2) is 5.82 Å². The van der Waals surface area contributed by atoms with Gasteiger partial charge in [0.2, 0.25) is 0 Å². The van der Waals surface area contributed by atoms with Crippen LogP contribution in [0.2, 0.25) is 0 Å². The standard InChI is InChI=1S/C11H20N6O/c1-16(6-7-17-4-2-13-3-5-17)10-9(12)11(18)15-8-14-10/h8,13H,2-7,12H2,1H3,(H,14,15,18). The van der Waals surface area contributed by atoms with Crippen LogP contribution in [0.25, 0.3) is 0 Å². The molecule has 4 N–H and O–H groups in total. The Morgan fingerprint density at radius 1 is 1.50 bits per heavy atom. The van der Waals surface area contributed by atoms with E-state index < -0.39 is 0 Å². The molecule has 7 heteroatoms. The Morgan fingerprint density at radius 3 is 2.94 bits per heavy atom. The molecule has 0 saturated carbocycles. The van der Waals surface area contributed by atoms with Gasteiger partial charge in [0.05, 0.1) is 6.33 Å². The van der Waals surface area contributed by atoms with Crippen LogP contribution in [0.3, 0.4) is 0 Å². The van der Waals surface area contributed by atoms with E-state index in [0.29, 0.717) is 5.82 Å². The molecule has 2 rings (SSSR count). The Balaban J connectivity index is 1.92. The summed E-state index contributed by atoms with van der Waals surface area (Å²) in [7, 11) is 1.90. The molecule has 1 saturated heterocycles. The van der Waals surface area contributed by atoms with Gasteiger partial charge in [-0.3, -0.25) is 9.69 Å². The summed E-state index contributed by atoms with van der Waals surface area (Å²) in [5, 5.41) is 3.32. The van der Waals surface area contributed by atoms with E-state index in [4.69, 9.17) is 5.73 Å². The molecule has 0 amide bonds. The van der Waals surface area contributed by atoms with E-state index in [1.165, 1.54) is 6.33 Å². The Hall–Kier alpha value is -1.60. The highest BCUT2D eigenvalue weighted by Gasteiger charge is 2.13. The summed E-state index contributed by atoms with van der Waals surface area (Å²) in [6.07, 6.45) is 1.38. The molecule has 7 nitrogen and oxygen atoms in total. The second kappa shape index (κ2) is 5.83. The topological polar surface area (TPSA) is 90.3 Å². The molecule has 0 radical (unpaired) electrons. The summed E-state index contributed by atoms with van der Waals surface area (Å²) >= 11 is 0. The first-order valence-corrected chi connectivity index (χ1v) is 6.16. The molecule has 0 aromatic carbocycles. The highest BCUT2D eigenvalue weighted by Crippen LogP contribution is 2.12. The van der Waals surface area contributed by atoms with Gasteiger partial charge in [0.25, 0.3) is 5.56 Å². The van der Waals surface area contributed by atoms with Crippen molar-refractivity contribution in [2.24, 2.45) is 0 Å². The lowest BCUT2D eigenvalue weighted by molar-refractivity contribution is 0.246. The number of hydrogen-bond donors (Lipinski definition) is 3. The van der Waals surface area contributed by atoms with E-state index in [1.807, 2.05) is 11.9 Å². The molecule has 1 aromatic heterocycles. The lowest BCUT2D eigenvalue weighted by atomic mass is 10.3. The summed E-state index contributed by atoms with van der Waals surface area (Å²) < 4.78 is 0. The van der Waals surface area contributed by atoms with Crippen molar-refractivity contribution < 1.29 is 0 Å².